The summed E-state index contributed by atoms with van der Waals surface area (Å²) in [5.74, 6) is 2.01. The fraction of sp³-hybridized carbons (Fsp3) is 0.667. The van der Waals surface area contributed by atoms with Crippen molar-refractivity contribution in [2.75, 3.05) is 25.9 Å². The Morgan fingerprint density at radius 2 is 2.00 bits per heavy atom. The fourth-order valence-electron chi connectivity index (χ4n) is 1.48. The quantitative estimate of drug-likeness (QED) is 0.368. The Hall–Kier alpha value is -1.61. The Morgan fingerprint density at radius 1 is 1.29 bits per heavy atom. The molecule has 0 unspecified atom stereocenters. The molecule has 0 spiro atoms. The van der Waals surface area contributed by atoms with E-state index < -0.39 is 10.0 Å². The van der Waals surface area contributed by atoms with Crippen molar-refractivity contribution in [3.8, 4) is 0 Å². The van der Waals surface area contributed by atoms with Crippen molar-refractivity contribution in [2.24, 2.45) is 4.99 Å². The number of guanidine groups is 1. The Labute approximate surface area is 125 Å². The van der Waals surface area contributed by atoms with E-state index in [1.807, 2.05) is 13.8 Å². The molecule has 1 heterocycles. The minimum absolute atomic E-state index is 0.0723. The van der Waals surface area contributed by atoms with Crippen molar-refractivity contribution in [2.45, 2.75) is 27.3 Å². The highest BCUT2D eigenvalue weighted by Gasteiger charge is 2.07. The SMILES string of the molecule is CCS(=O)(=O)NCCNC(=NC)NCc1nc(C)c(C)o1. The summed E-state index contributed by atoms with van der Waals surface area (Å²) in [6.07, 6.45) is 0. The van der Waals surface area contributed by atoms with E-state index in [2.05, 4.69) is 25.3 Å². The van der Waals surface area contributed by atoms with Crippen LogP contribution in [0.2, 0.25) is 0 Å². The Morgan fingerprint density at radius 3 is 2.52 bits per heavy atom. The molecule has 0 radical (unpaired) electrons. The third-order valence-electron chi connectivity index (χ3n) is 2.82. The number of aryl methyl sites for hydroxylation is 2. The van der Waals surface area contributed by atoms with Crippen molar-refractivity contribution >= 4 is 16.0 Å². The topological polar surface area (TPSA) is 109 Å². The van der Waals surface area contributed by atoms with E-state index in [-0.39, 0.29) is 5.75 Å². The van der Waals surface area contributed by atoms with E-state index in [1.165, 1.54) is 0 Å². The number of aliphatic imine (C=N–C) groups is 1. The van der Waals surface area contributed by atoms with Crippen molar-refractivity contribution < 1.29 is 12.8 Å². The number of hydrogen-bond acceptors (Lipinski definition) is 5. The Balaban J connectivity index is 2.33. The molecule has 0 fully saturated rings. The number of nitrogens with zero attached hydrogens (tertiary/aromatic N) is 2. The molecule has 0 bridgehead atoms. The molecule has 0 aliphatic rings. The largest absolute Gasteiger partial charge is 0.444 e. The molecule has 0 saturated carbocycles. The zero-order valence-electron chi connectivity index (χ0n) is 12.9. The van der Waals surface area contributed by atoms with Crippen LogP contribution >= 0.6 is 0 Å². The van der Waals surface area contributed by atoms with Gasteiger partial charge in [0, 0.05) is 20.1 Å². The normalized spacial score (nSPS) is 12.5. The summed E-state index contributed by atoms with van der Waals surface area (Å²) >= 11 is 0. The van der Waals surface area contributed by atoms with Gasteiger partial charge in [-0.15, -0.1) is 0 Å². The highest BCUT2D eigenvalue weighted by molar-refractivity contribution is 7.89. The molecule has 0 aliphatic carbocycles. The number of nitrogens with one attached hydrogen (secondary N) is 3. The molecule has 0 atom stereocenters. The first kappa shape index (κ1) is 17.4. The second kappa shape index (κ2) is 7.99. The minimum Gasteiger partial charge on any atom is -0.444 e. The summed E-state index contributed by atoms with van der Waals surface area (Å²) in [5, 5.41) is 6.04. The van der Waals surface area contributed by atoms with E-state index in [0.717, 1.165) is 11.5 Å². The summed E-state index contributed by atoms with van der Waals surface area (Å²) in [5.41, 5.74) is 0.865. The Kier molecular flexibility index (Phi) is 6.63. The fourth-order valence-corrected chi connectivity index (χ4v) is 2.10. The summed E-state index contributed by atoms with van der Waals surface area (Å²) in [7, 11) is -1.52. The first-order valence-corrected chi connectivity index (χ1v) is 8.38. The third-order valence-corrected chi connectivity index (χ3v) is 4.23. The van der Waals surface area contributed by atoms with Gasteiger partial charge >= 0.3 is 0 Å². The van der Waals surface area contributed by atoms with Crippen LogP contribution in [0.1, 0.15) is 24.3 Å². The third kappa shape index (κ3) is 6.13. The van der Waals surface area contributed by atoms with E-state index in [0.29, 0.717) is 31.5 Å². The first-order chi connectivity index (χ1) is 9.88. The molecule has 0 amide bonds. The maximum Gasteiger partial charge on any atom is 0.214 e. The molecule has 1 aromatic rings. The molecule has 1 rings (SSSR count). The van der Waals surface area contributed by atoms with Crippen LogP contribution in [0, 0.1) is 13.8 Å². The summed E-state index contributed by atoms with van der Waals surface area (Å²) in [6, 6.07) is 0. The van der Waals surface area contributed by atoms with Crippen LogP contribution in [0.25, 0.3) is 0 Å². The van der Waals surface area contributed by atoms with Crippen molar-refractivity contribution in [3.05, 3.63) is 17.3 Å². The van der Waals surface area contributed by atoms with Gasteiger partial charge in [-0.1, -0.05) is 0 Å². The smallest absolute Gasteiger partial charge is 0.214 e. The number of sulfonamides is 1. The van der Waals surface area contributed by atoms with Crippen molar-refractivity contribution in [3.63, 3.8) is 0 Å². The molecule has 8 nitrogen and oxygen atoms in total. The second-order valence-corrected chi connectivity index (χ2v) is 6.50. The van der Waals surface area contributed by atoms with Crippen LogP contribution in [-0.2, 0) is 16.6 Å². The molecule has 3 N–H and O–H groups in total. The van der Waals surface area contributed by atoms with Gasteiger partial charge in [-0.05, 0) is 20.8 Å². The van der Waals surface area contributed by atoms with Crippen LogP contribution in [0.5, 0.6) is 0 Å². The minimum atomic E-state index is -3.16. The number of hydrogen-bond donors (Lipinski definition) is 3. The lowest BCUT2D eigenvalue weighted by molar-refractivity contribution is 0.464. The van der Waals surface area contributed by atoms with Gasteiger partial charge in [-0.25, -0.2) is 18.1 Å². The highest BCUT2D eigenvalue weighted by atomic mass is 32.2. The molecule has 9 heteroatoms. The van der Waals surface area contributed by atoms with Crippen molar-refractivity contribution in [1.82, 2.24) is 20.3 Å². The predicted molar refractivity (Wildman–Crippen MR) is 81.6 cm³/mol. The van der Waals surface area contributed by atoms with Crippen LogP contribution in [0.15, 0.2) is 9.41 Å². The van der Waals surface area contributed by atoms with Crippen LogP contribution in [-0.4, -0.2) is 45.3 Å². The van der Waals surface area contributed by atoms with Crippen LogP contribution in [0.4, 0.5) is 0 Å². The van der Waals surface area contributed by atoms with E-state index in [4.69, 9.17) is 4.42 Å². The zero-order valence-corrected chi connectivity index (χ0v) is 13.7. The number of rotatable bonds is 7. The van der Waals surface area contributed by atoms with Gasteiger partial charge in [-0.2, -0.15) is 0 Å². The number of aromatic nitrogens is 1. The van der Waals surface area contributed by atoms with Gasteiger partial charge in [0.1, 0.15) is 5.76 Å². The monoisotopic (exact) mass is 317 g/mol. The maximum atomic E-state index is 11.3. The summed E-state index contributed by atoms with van der Waals surface area (Å²) in [6.45, 7) is 6.48. The van der Waals surface area contributed by atoms with E-state index in [9.17, 15) is 8.42 Å². The van der Waals surface area contributed by atoms with Crippen LogP contribution < -0.4 is 15.4 Å². The lowest BCUT2D eigenvalue weighted by atomic mass is 10.4. The van der Waals surface area contributed by atoms with E-state index in [1.54, 1.807) is 14.0 Å². The average molecular weight is 317 g/mol. The lowest BCUT2D eigenvalue weighted by Crippen LogP contribution is -2.41. The van der Waals surface area contributed by atoms with Gasteiger partial charge in [0.25, 0.3) is 0 Å². The molecule has 0 saturated heterocycles. The highest BCUT2D eigenvalue weighted by Crippen LogP contribution is 2.07. The van der Waals surface area contributed by atoms with E-state index >= 15 is 0 Å². The summed E-state index contributed by atoms with van der Waals surface area (Å²) in [4.78, 5) is 8.29. The Bertz CT molecular complexity index is 560. The van der Waals surface area contributed by atoms with Crippen molar-refractivity contribution in [1.29, 1.82) is 0 Å². The molecule has 120 valence electrons. The molecule has 21 heavy (non-hydrogen) atoms. The first-order valence-electron chi connectivity index (χ1n) is 6.72. The zero-order chi connectivity index (χ0) is 15.9. The second-order valence-electron chi connectivity index (χ2n) is 4.40. The predicted octanol–water partition coefficient (Wildman–Crippen LogP) is -0.104. The molecule has 0 aromatic carbocycles. The molecule has 1 aromatic heterocycles. The average Bonchev–Trinajstić information content (AvgIpc) is 2.77. The van der Waals surface area contributed by atoms with Gasteiger partial charge < -0.3 is 15.1 Å². The van der Waals surface area contributed by atoms with Gasteiger partial charge in [0.2, 0.25) is 15.9 Å². The number of oxazole rings is 1. The summed E-state index contributed by atoms with van der Waals surface area (Å²) < 4.78 is 30.4. The van der Waals surface area contributed by atoms with Crippen LogP contribution in [0.3, 0.4) is 0 Å². The molecular formula is C12H23N5O3S. The van der Waals surface area contributed by atoms with Gasteiger partial charge in [-0.3, -0.25) is 4.99 Å². The van der Waals surface area contributed by atoms with Gasteiger partial charge in [0.15, 0.2) is 5.96 Å². The van der Waals surface area contributed by atoms with Gasteiger partial charge in [0.05, 0.1) is 18.0 Å². The lowest BCUT2D eigenvalue weighted by Gasteiger charge is -2.11. The molecule has 0 aliphatic heterocycles. The standard InChI is InChI=1S/C12H23N5O3S/c1-5-21(18,19)16-7-6-14-12(13-4)15-8-11-17-9(2)10(3)20-11/h16H,5-8H2,1-4H3,(H2,13,14,15). The molecular weight excluding hydrogens is 294 g/mol. The maximum absolute atomic E-state index is 11.3.